The lowest BCUT2D eigenvalue weighted by Crippen LogP contribution is -2.37. The molecule has 0 radical (unpaired) electrons. The molecule has 0 bridgehead atoms. The van der Waals surface area contributed by atoms with Gasteiger partial charge >= 0.3 is 0 Å². The Morgan fingerprint density at radius 3 is 2.63 bits per heavy atom. The summed E-state index contributed by atoms with van der Waals surface area (Å²) in [5.41, 5.74) is 4.04. The number of phenolic OH excluding ortho intramolecular Hbond substituents is 1. The number of hydrogen-bond donors (Lipinski definition) is 2. The molecule has 2 N–H and O–H groups in total. The predicted octanol–water partition coefficient (Wildman–Crippen LogP) is 5.45. The Bertz CT molecular complexity index is 1720. The number of morpholine rings is 1. The summed E-state index contributed by atoms with van der Waals surface area (Å²) >= 11 is 3.24. The number of methoxy groups -OCH3 is 2. The van der Waals surface area contributed by atoms with Crippen LogP contribution in [0.2, 0.25) is 0 Å². The Morgan fingerprint density at radius 2 is 1.87 bits per heavy atom. The number of pyridine rings is 1. The van der Waals surface area contributed by atoms with Crippen LogP contribution in [0.1, 0.15) is 17.5 Å². The molecule has 0 unspecified atom stereocenters. The van der Waals surface area contributed by atoms with E-state index < -0.39 is 11.7 Å². The van der Waals surface area contributed by atoms with Crippen molar-refractivity contribution in [1.29, 1.82) is 0 Å². The van der Waals surface area contributed by atoms with Gasteiger partial charge in [-0.25, -0.2) is 9.82 Å². The zero-order valence-electron chi connectivity index (χ0n) is 25.4. The van der Waals surface area contributed by atoms with Crippen molar-refractivity contribution in [3.05, 3.63) is 76.1 Å². The maximum Gasteiger partial charge on any atom is 0.244 e. The molecule has 3 aromatic carbocycles. The van der Waals surface area contributed by atoms with Gasteiger partial charge in [-0.1, -0.05) is 6.07 Å². The smallest absolute Gasteiger partial charge is 0.244 e. The first-order chi connectivity index (χ1) is 22.3. The highest BCUT2D eigenvalue weighted by molar-refractivity contribution is 9.10. The number of nitrogens with zero attached hydrogens (tertiary/aromatic N) is 3. The first kappa shape index (κ1) is 32.9. The zero-order valence-corrected chi connectivity index (χ0v) is 27.0. The Balaban J connectivity index is 1.20. The number of hydrazone groups is 1. The molecule has 1 fully saturated rings. The molecule has 46 heavy (non-hydrogen) atoms. The molecule has 1 saturated heterocycles. The largest absolute Gasteiger partial charge is 0.503 e. The minimum atomic E-state index is -0.632. The summed E-state index contributed by atoms with van der Waals surface area (Å²) in [6, 6.07) is 12.7. The molecule has 13 heteroatoms. The van der Waals surface area contributed by atoms with Gasteiger partial charge in [-0.15, -0.1) is 0 Å². The van der Waals surface area contributed by atoms with Gasteiger partial charge in [0.2, 0.25) is 5.91 Å². The lowest BCUT2D eigenvalue weighted by molar-refractivity contribution is -0.120. The molecule has 0 atom stereocenters. The van der Waals surface area contributed by atoms with Gasteiger partial charge in [-0.05, 0) is 69.9 Å². The number of halogens is 2. The molecule has 1 aromatic heterocycles. The van der Waals surface area contributed by atoms with Gasteiger partial charge in [0.05, 0.1) is 56.7 Å². The van der Waals surface area contributed by atoms with Crippen molar-refractivity contribution in [3.63, 3.8) is 0 Å². The van der Waals surface area contributed by atoms with E-state index in [9.17, 15) is 9.90 Å². The summed E-state index contributed by atoms with van der Waals surface area (Å²) in [5, 5.41) is 14.5. The molecular formula is C33H34BrFN4O7. The van der Waals surface area contributed by atoms with Crippen LogP contribution in [0.25, 0.3) is 10.9 Å². The average molecular weight is 698 g/mol. The van der Waals surface area contributed by atoms with E-state index in [-0.39, 0.29) is 23.7 Å². The van der Waals surface area contributed by atoms with E-state index >= 15 is 4.39 Å². The molecule has 242 valence electrons. The van der Waals surface area contributed by atoms with Crippen LogP contribution in [-0.2, 0) is 16.0 Å². The topological polar surface area (TPSA) is 124 Å². The van der Waals surface area contributed by atoms with E-state index in [1.807, 2.05) is 0 Å². The van der Waals surface area contributed by atoms with Gasteiger partial charge in [0.15, 0.2) is 34.6 Å². The second-order valence-corrected chi connectivity index (χ2v) is 11.2. The standard InChI is InChI=1S/C33H34BrFN4O7/c1-42-29-18-23-26(19-30(29)45-11-3-8-39-9-12-44-13-10-39)36-7-6-27(23)46-28-5-4-21(15-25(28)35)17-32(40)38-37-20-22-14-24(34)33(41)31(16-22)43-2/h4-7,14-16,18-20,41H,3,8-13,17H2,1-2H3,(H,38,40)/b37-20+. The van der Waals surface area contributed by atoms with Gasteiger partial charge in [-0.2, -0.15) is 5.10 Å². The van der Waals surface area contributed by atoms with Crippen molar-refractivity contribution in [2.24, 2.45) is 5.10 Å². The summed E-state index contributed by atoms with van der Waals surface area (Å²) in [7, 11) is 2.99. The number of amides is 1. The molecule has 0 aliphatic carbocycles. The third-order valence-electron chi connectivity index (χ3n) is 7.22. The number of ether oxygens (including phenoxy) is 5. The van der Waals surface area contributed by atoms with E-state index in [2.05, 4.69) is 36.3 Å². The molecule has 1 aliphatic heterocycles. The van der Waals surface area contributed by atoms with Crippen molar-refractivity contribution in [2.45, 2.75) is 12.8 Å². The van der Waals surface area contributed by atoms with Crippen LogP contribution in [0.5, 0.6) is 34.5 Å². The Labute approximate surface area is 274 Å². The van der Waals surface area contributed by atoms with E-state index in [4.69, 9.17) is 23.7 Å². The molecular weight excluding hydrogens is 663 g/mol. The van der Waals surface area contributed by atoms with Crippen LogP contribution >= 0.6 is 15.9 Å². The quantitative estimate of drug-likeness (QED) is 0.107. The van der Waals surface area contributed by atoms with Crippen LogP contribution in [0.15, 0.2) is 64.3 Å². The van der Waals surface area contributed by atoms with Crippen LogP contribution in [-0.4, -0.2) is 80.8 Å². The van der Waals surface area contributed by atoms with E-state index in [0.717, 1.165) is 39.3 Å². The fraction of sp³-hybridized carbons (Fsp3) is 0.303. The second kappa shape index (κ2) is 15.7. The molecule has 1 amide bonds. The number of rotatable bonds is 13. The second-order valence-electron chi connectivity index (χ2n) is 10.4. The van der Waals surface area contributed by atoms with Gasteiger partial charge in [0, 0.05) is 37.3 Å². The number of hydrogen-bond acceptors (Lipinski definition) is 10. The number of carbonyl (C=O) groups excluding carboxylic acids is 1. The highest BCUT2D eigenvalue weighted by atomic mass is 79.9. The number of aromatic nitrogens is 1. The molecule has 11 nitrogen and oxygen atoms in total. The summed E-state index contributed by atoms with van der Waals surface area (Å²) < 4.78 is 43.6. The van der Waals surface area contributed by atoms with Crippen molar-refractivity contribution < 1.29 is 38.0 Å². The molecule has 2 heterocycles. The van der Waals surface area contributed by atoms with Crippen molar-refractivity contribution in [2.75, 3.05) is 53.7 Å². The van der Waals surface area contributed by atoms with Crippen LogP contribution in [0.4, 0.5) is 4.39 Å². The van der Waals surface area contributed by atoms with E-state index in [0.29, 0.717) is 50.4 Å². The fourth-order valence-electron chi connectivity index (χ4n) is 4.87. The van der Waals surface area contributed by atoms with Crippen molar-refractivity contribution in [1.82, 2.24) is 15.3 Å². The summed E-state index contributed by atoms with van der Waals surface area (Å²) in [4.78, 5) is 19.2. The number of nitrogens with one attached hydrogen (secondary N) is 1. The van der Waals surface area contributed by atoms with Gasteiger partial charge in [0.1, 0.15) is 5.75 Å². The lowest BCUT2D eigenvalue weighted by Gasteiger charge is -2.26. The number of phenols is 1. The third-order valence-corrected chi connectivity index (χ3v) is 7.83. The summed E-state index contributed by atoms with van der Waals surface area (Å²) in [5.74, 6) is 0.590. The number of carbonyl (C=O) groups is 1. The summed E-state index contributed by atoms with van der Waals surface area (Å²) in [6.45, 7) is 4.82. The number of aromatic hydroxyl groups is 1. The monoisotopic (exact) mass is 696 g/mol. The number of benzene rings is 3. The van der Waals surface area contributed by atoms with Gasteiger partial charge < -0.3 is 28.8 Å². The number of fused-ring (bicyclic) bond motifs is 1. The van der Waals surface area contributed by atoms with Gasteiger partial charge in [-0.3, -0.25) is 14.7 Å². The van der Waals surface area contributed by atoms with Crippen LogP contribution in [0, 0.1) is 5.82 Å². The van der Waals surface area contributed by atoms with Crippen molar-refractivity contribution in [3.8, 4) is 34.5 Å². The predicted molar refractivity (Wildman–Crippen MR) is 174 cm³/mol. The first-order valence-corrected chi connectivity index (χ1v) is 15.4. The summed E-state index contributed by atoms with van der Waals surface area (Å²) in [6.07, 6.45) is 3.73. The normalized spacial score (nSPS) is 13.6. The Hall–Kier alpha value is -4.46. The third kappa shape index (κ3) is 8.42. The Morgan fingerprint density at radius 1 is 1.07 bits per heavy atom. The molecule has 0 saturated carbocycles. The first-order valence-electron chi connectivity index (χ1n) is 14.6. The van der Waals surface area contributed by atoms with Crippen LogP contribution < -0.4 is 24.4 Å². The highest BCUT2D eigenvalue weighted by Crippen LogP contribution is 2.38. The lowest BCUT2D eigenvalue weighted by atomic mass is 10.1. The maximum absolute atomic E-state index is 15.1. The molecule has 5 rings (SSSR count). The molecule has 1 aliphatic rings. The SMILES string of the molecule is COc1cc2c(Oc3ccc(CC(=O)N/N=C/c4cc(Br)c(O)c(OC)c4)cc3F)ccnc2cc1OCCCN1CCOCC1. The fourth-order valence-corrected chi connectivity index (χ4v) is 5.33. The zero-order chi connectivity index (χ0) is 32.5. The van der Waals surface area contributed by atoms with Gasteiger partial charge in [0.25, 0.3) is 0 Å². The van der Waals surface area contributed by atoms with Crippen LogP contribution in [0.3, 0.4) is 0 Å². The maximum atomic E-state index is 15.1. The Kier molecular flexibility index (Phi) is 11.2. The molecule has 0 spiro atoms. The van der Waals surface area contributed by atoms with E-state index in [1.165, 1.54) is 25.5 Å². The molecule has 4 aromatic rings. The van der Waals surface area contributed by atoms with Crippen molar-refractivity contribution >= 4 is 39.0 Å². The minimum Gasteiger partial charge on any atom is -0.503 e. The minimum absolute atomic E-state index is 0.0102. The highest BCUT2D eigenvalue weighted by Gasteiger charge is 2.16. The average Bonchev–Trinajstić information content (AvgIpc) is 3.06. The van der Waals surface area contributed by atoms with E-state index in [1.54, 1.807) is 49.7 Å².